The third-order valence-electron chi connectivity index (χ3n) is 4.42. The average molecular weight is 481 g/mol. The lowest BCUT2D eigenvalue weighted by atomic mass is 10.2. The van der Waals surface area contributed by atoms with Gasteiger partial charge in [0.05, 0.1) is 4.92 Å². The van der Waals surface area contributed by atoms with Crippen LogP contribution in [0.3, 0.4) is 0 Å². The van der Waals surface area contributed by atoms with Crippen LogP contribution in [0.2, 0.25) is 0 Å². The van der Waals surface area contributed by atoms with Gasteiger partial charge in [0, 0.05) is 6.07 Å². The zero-order valence-corrected chi connectivity index (χ0v) is 18.9. The fourth-order valence-corrected chi connectivity index (χ4v) is 4.36. The number of ether oxygens (including phenoxy) is 1. The highest BCUT2D eigenvalue weighted by molar-refractivity contribution is 7.52. The van der Waals surface area contributed by atoms with Crippen molar-refractivity contribution in [2.75, 3.05) is 0 Å². The number of nitro groups is 1. The molecule has 3 aromatic rings. The molecule has 174 valence electrons. The number of benzene rings is 3. The first kappa shape index (κ1) is 24.5. The number of esters is 1. The Morgan fingerprint density at radius 1 is 1.06 bits per heavy atom. The Labute approximate surface area is 195 Å². The summed E-state index contributed by atoms with van der Waals surface area (Å²) in [6.07, 6.45) is 0. The van der Waals surface area contributed by atoms with Gasteiger partial charge in [-0.1, -0.05) is 54.6 Å². The highest BCUT2D eigenvalue weighted by atomic mass is 31.2. The molecule has 0 fully saturated rings. The molecule has 3 aromatic carbocycles. The minimum atomic E-state index is -4.48. The van der Waals surface area contributed by atoms with E-state index in [9.17, 15) is 24.7 Å². The van der Waals surface area contributed by atoms with Crippen LogP contribution in [0.15, 0.2) is 78.9 Å². The van der Waals surface area contributed by atoms with Crippen LogP contribution < -0.4 is 14.1 Å². The first-order chi connectivity index (χ1) is 16.3. The maximum atomic E-state index is 13.7. The molecule has 10 nitrogen and oxygen atoms in total. The van der Waals surface area contributed by atoms with Crippen LogP contribution >= 0.6 is 7.75 Å². The number of nitriles is 1. The van der Waals surface area contributed by atoms with E-state index in [1.165, 1.54) is 31.2 Å². The number of nitrogens with zero attached hydrogens (tertiary/aromatic N) is 2. The third kappa shape index (κ3) is 6.42. The van der Waals surface area contributed by atoms with Gasteiger partial charge in [-0.25, -0.2) is 4.57 Å². The van der Waals surface area contributed by atoms with Crippen molar-refractivity contribution in [1.29, 1.82) is 5.26 Å². The molecule has 0 aliphatic carbocycles. The second-order valence-corrected chi connectivity index (χ2v) is 8.58. The Morgan fingerprint density at radius 3 is 2.32 bits per heavy atom. The van der Waals surface area contributed by atoms with E-state index in [2.05, 4.69) is 5.09 Å². The molecule has 34 heavy (non-hydrogen) atoms. The molecule has 1 unspecified atom stereocenters. The number of para-hydroxylation sites is 2. The molecule has 0 amide bonds. The lowest BCUT2D eigenvalue weighted by Crippen LogP contribution is -2.35. The predicted octanol–water partition coefficient (Wildman–Crippen LogP) is 4.75. The molecule has 0 aliphatic rings. The van der Waals surface area contributed by atoms with Gasteiger partial charge in [-0.05, 0) is 30.7 Å². The second kappa shape index (κ2) is 11.1. The molecule has 3 rings (SSSR count). The Kier molecular flexibility index (Phi) is 7.98. The van der Waals surface area contributed by atoms with E-state index in [-0.39, 0.29) is 17.9 Å². The summed E-state index contributed by atoms with van der Waals surface area (Å²) in [6, 6.07) is 21.1. The summed E-state index contributed by atoms with van der Waals surface area (Å²) in [5.41, 5.74) is -0.0640. The van der Waals surface area contributed by atoms with Crippen molar-refractivity contribution in [3.05, 3.63) is 100 Å². The van der Waals surface area contributed by atoms with Crippen molar-refractivity contribution < 1.29 is 28.1 Å². The first-order valence-corrected chi connectivity index (χ1v) is 11.6. The van der Waals surface area contributed by atoms with Crippen molar-refractivity contribution >= 4 is 19.4 Å². The van der Waals surface area contributed by atoms with Crippen LogP contribution in [0.1, 0.15) is 18.1 Å². The van der Waals surface area contributed by atoms with E-state index in [1.54, 1.807) is 48.5 Å². The van der Waals surface area contributed by atoms with Gasteiger partial charge in [-0.3, -0.25) is 14.9 Å². The van der Waals surface area contributed by atoms with E-state index in [0.29, 0.717) is 0 Å². The number of rotatable bonds is 10. The Bertz CT molecular complexity index is 1250. The summed E-state index contributed by atoms with van der Waals surface area (Å²) < 4.78 is 29.9. The van der Waals surface area contributed by atoms with Gasteiger partial charge in [-0.2, -0.15) is 10.3 Å². The summed E-state index contributed by atoms with van der Waals surface area (Å²) >= 11 is 0. The van der Waals surface area contributed by atoms with E-state index < -0.39 is 36.1 Å². The molecule has 0 saturated carbocycles. The van der Waals surface area contributed by atoms with Gasteiger partial charge in [0.15, 0.2) is 0 Å². The van der Waals surface area contributed by atoms with Gasteiger partial charge >= 0.3 is 19.4 Å². The monoisotopic (exact) mass is 481 g/mol. The summed E-state index contributed by atoms with van der Waals surface area (Å²) in [6.45, 7) is 1.36. The minimum Gasteiger partial charge on any atom is -0.460 e. The molecule has 2 atom stereocenters. The lowest BCUT2D eigenvalue weighted by molar-refractivity contribution is -0.385. The summed E-state index contributed by atoms with van der Waals surface area (Å²) in [4.78, 5) is 23.2. The van der Waals surface area contributed by atoms with Crippen molar-refractivity contribution in [2.45, 2.75) is 19.6 Å². The number of carbonyl (C=O) groups excluding carboxylic acids is 1. The molecular formula is C23H20N3O7P. The molecule has 0 heterocycles. The van der Waals surface area contributed by atoms with Gasteiger partial charge in [-0.15, -0.1) is 0 Å². The lowest BCUT2D eigenvalue weighted by Gasteiger charge is -2.23. The van der Waals surface area contributed by atoms with Crippen molar-refractivity contribution in [2.24, 2.45) is 0 Å². The summed E-state index contributed by atoms with van der Waals surface area (Å²) in [5.74, 6) is -1.20. The Morgan fingerprint density at radius 2 is 1.71 bits per heavy atom. The quantitative estimate of drug-likeness (QED) is 0.188. The van der Waals surface area contributed by atoms with Gasteiger partial charge < -0.3 is 13.8 Å². The largest absolute Gasteiger partial charge is 0.513 e. The van der Waals surface area contributed by atoms with Gasteiger partial charge in [0.1, 0.15) is 30.0 Å². The average Bonchev–Trinajstić information content (AvgIpc) is 2.83. The Hall–Kier alpha value is -4.19. The third-order valence-corrected chi connectivity index (χ3v) is 6.00. The van der Waals surface area contributed by atoms with E-state index in [4.69, 9.17) is 13.8 Å². The summed E-state index contributed by atoms with van der Waals surface area (Å²) in [5, 5.41) is 23.3. The van der Waals surface area contributed by atoms with Crippen LogP contribution in [0.5, 0.6) is 11.5 Å². The molecule has 1 N–H and O–H groups in total. The minimum absolute atomic E-state index is 0.0147. The maximum absolute atomic E-state index is 13.7. The predicted molar refractivity (Wildman–Crippen MR) is 122 cm³/mol. The number of nitro benzene ring substituents is 1. The molecule has 0 bridgehead atoms. The second-order valence-electron chi connectivity index (χ2n) is 6.96. The fraction of sp³-hybridized carbons (Fsp3) is 0.130. The molecular weight excluding hydrogens is 461 g/mol. The van der Waals surface area contributed by atoms with Gasteiger partial charge in [0.2, 0.25) is 5.75 Å². The maximum Gasteiger partial charge on any atom is 0.513 e. The molecule has 0 spiro atoms. The number of hydrogen-bond donors (Lipinski definition) is 1. The van der Waals surface area contributed by atoms with Crippen molar-refractivity contribution in [3.8, 4) is 17.6 Å². The topological polar surface area (TPSA) is 141 Å². The normalized spacial score (nSPS) is 13.1. The van der Waals surface area contributed by atoms with E-state index in [0.717, 1.165) is 11.6 Å². The number of carbonyl (C=O) groups is 1. The standard InChI is InChI=1S/C23H20N3O7P/c1-17(23(27)31-16-18-9-4-2-5-10-18)25-34(30,32-20-12-6-3-7-13-20)33-22-19(15-24)11-8-14-21(22)26(28)29/h2-14,17H,16H2,1H3,(H,25,30)/t17-,34?/m0/s1. The molecule has 0 radical (unpaired) electrons. The van der Waals surface area contributed by atoms with E-state index in [1.807, 2.05) is 6.07 Å². The first-order valence-electron chi connectivity index (χ1n) is 10.0. The number of nitrogens with one attached hydrogen (secondary N) is 1. The van der Waals surface area contributed by atoms with E-state index >= 15 is 0 Å². The van der Waals surface area contributed by atoms with Crippen molar-refractivity contribution in [3.63, 3.8) is 0 Å². The molecule has 0 aliphatic heterocycles. The fourth-order valence-electron chi connectivity index (χ4n) is 2.81. The van der Waals surface area contributed by atoms with Crippen LogP contribution in [-0.4, -0.2) is 16.9 Å². The smallest absolute Gasteiger partial charge is 0.460 e. The molecule has 0 saturated heterocycles. The highest BCUT2D eigenvalue weighted by Gasteiger charge is 2.37. The van der Waals surface area contributed by atoms with Crippen LogP contribution in [0, 0.1) is 21.4 Å². The van der Waals surface area contributed by atoms with Crippen molar-refractivity contribution in [1.82, 2.24) is 5.09 Å². The Balaban J connectivity index is 1.86. The number of hydrogen-bond acceptors (Lipinski definition) is 8. The highest BCUT2D eigenvalue weighted by Crippen LogP contribution is 2.48. The van der Waals surface area contributed by atoms with Crippen LogP contribution in [0.25, 0.3) is 0 Å². The zero-order chi connectivity index (χ0) is 24.6. The molecule has 11 heteroatoms. The summed E-state index contributed by atoms with van der Waals surface area (Å²) in [7, 11) is -4.48. The SMILES string of the molecule is C[C@H](NP(=O)(Oc1ccccc1)Oc1c(C#N)cccc1[N+](=O)[O-])C(=O)OCc1ccccc1. The zero-order valence-electron chi connectivity index (χ0n) is 18.0. The van der Waals surface area contributed by atoms with Crippen LogP contribution in [0.4, 0.5) is 5.69 Å². The van der Waals surface area contributed by atoms with Crippen LogP contribution in [-0.2, 0) is 20.7 Å². The van der Waals surface area contributed by atoms with Gasteiger partial charge in [0.25, 0.3) is 0 Å². The molecule has 0 aromatic heterocycles.